The third-order valence-electron chi connectivity index (χ3n) is 5.70. The van der Waals surface area contributed by atoms with Crippen LogP contribution in [0.2, 0.25) is 0 Å². The first-order chi connectivity index (χ1) is 14.5. The second kappa shape index (κ2) is 7.64. The molecule has 0 bridgehead atoms. The summed E-state index contributed by atoms with van der Waals surface area (Å²) < 4.78 is 33.0. The number of ether oxygens (including phenoxy) is 1. The maximum atomic E-state index is 13.0. The molecule has 156 valence electrons. The van der Waals surface area contributed by atoms with Crippen molar-refractivity contribution in [1.29, 1.82) is 0 Å². The zero-order valence-electron chi connectivity index (χ0n) is 16.2. The van der Waals surface area contributed by atoms with E-state index < -0.39 is 10.0 Å². The highest BCUT2D eigenvalue weighted by molar-refractivity contribution is 7.89. The number of aromatic nitrogens is 1. The average Bonchev–Trinajstić information content (AvgIpc) is 3.42. The summed E-state index contributed by atoms with van der Waals surface area (Å²) >= 11 is 1.56. The molecule has 2 aliphatic rings. The van der Waals surface area contributed by atoms with Gasteiger partial charge in [-0.05, 0) is 54.1 Å². The fourth-order valence-electron chi connectivity index (χ4n) is 4.00. The molecule has 3 aromatic rings. The Bertz CT molecular complexity index is 1210. The van der Waals surface area contributed by atoms with Crippen LogP contribution in [-0.4, -0.2) is 43.3 Å². The van der Waals surface area contributed by atoms with Crippen molar-refractivity contribution < 1.29 is 17.9 Å². The summed E-state index contributed by atoms with van der Waals surface area (Å²) in [4.78, 5) is 18.3. The van der Waals surface area contributed by atoms with Crippen molar-refractivity contribution in [2.75, 3.05) is 25.0 Å². The maximum absolute atomic E-state index is 13.0. The lowest BCUT2D eigenvalue weighted by molar-refractivity contribution is -0.120. The summed E-state index contributed by atoms with van der Waals surface area (Å²) in [5.41, 5.74) is 1.60. The Morgan fingerprint density at radius 3 is 2.87 bits per heavy atom. The molecule has 1 saturated heterocycles. The topological polar surface area (TPSA) is 88.6 Å². The first kappa shape index (κ1) is 19.5. The highest BCUT2D eigenvalue weighted by atomic mass is 32.2. The van der Waals surface area contributed by atoms with Gasteiger partial charge in [-0.1, -0.05) is 0 Å². The van der Waals surface area contributed by atoms with Crippen LogP contribution in [0.3, 0.4) is 0 Å². The van der Waals surface area contributed by atoms with Gasteiger partial charge in [0.25, 0.3) is 0 Å². The Morgan fingerprint density at radius 1 is 1.20 bits per heavy atom. The van der Waals surface area contributed by atoms with Gasteiger partial charge >= 0.3 is 0 Å². The van der Waals surface area contributed by atoms with E-state index in [4.69, 9.17) is 4.74 Å². The number of benzene rings is 1. The number of amides is 1. The third kappa shape index (κ3) is 3.57. The third-order valence-corrected chi connectivity index (χ3v) is 8.43. The Kier molecular flexibility index (Phi) is 4.96. The summed E-state index contributed by atoms with van der Waals surface area (Å²) in [5, 5.41) is 5.89. The number of sulfonamides is 1. The van der Waals surface area contributed by atoms with Crippen LogP contribution in [-0.2, 0) is 21.2 Å². The van der Waals surface area contributed by atoms with Crippen LogP contribution in [0.25, 0.3) is 10.2 Å². The average molecular weight is 444 g/mol. The molecular formula is C21H21N3O4S2. The fourth-order valence-corrected chi connectivity index (χ4v) is 6.24. The van der Waals surface area contributed by atoms with Crippen LogP contribution in [0.1, 0.15) is 18.4 Å². The molecule has 1 fully saturated rings. The van der Waals surface area contributed by atoms with Crippen molar-refractivity contribution in [1.82, 2.24) is 9.29 Å². The van der Waals surface area contributed by atoms with Gasteiger partial charge in [-0.2, -0.15) is 4.31 Å². The molecular weight excluding hydrogens is 422 g/mol. The molecule has 4 heterocycles. The summed E-state index contributed by atoms with van der Waals surface area (Å²) in [6.07, 6.45) is 3.38. The fraction of sp³-hybridized carbons (Fsp3) is 0.333. The van der Waals surface area contributed by atoms with Gasteiger partial charge in [-0.3, -0.25) is 4.79 Å². The van der Waals surface area contributed by atoms with Gasteiger partial charge in [0.05, 0.1) is 23.4 Å². The summed E-state index contributed by atoms with van der Waals surface area (Å²) in [5.74, 6) is 0.459. The smallest absolute Gasteiger partial charge is 0.243 e. The SMILES string of the molecule is O=C(Nc1cnc2sccc2c1)C1CCN(S(=O)(=O)c2ccc3c(c2)CCO3)CC1. The normalized spacial score (nSPS) is 17.6. The monoisotopic (exact) mass is 443 g/mol. The number of nitrogens with zero attached hydrogens (tertiary/aromatic N) is 2. The first-order valence-electron chi connectivity index (χ1n) is 9.91. The largest absolute Gasteiger partial charge is 0.493 e. The molecule has 0 radical (unpaired) electrons. The molecule has 9 heteroatoms. The standard InChI is InChI=1S/C21H21N3O4S2/c25-20(23-17-11-16-6-10-29-21(16)22-13-17)14-3-7-24(8-4-14)30(26,27)18-1-2-19-15(12-18)5-9-28-19/h1-2,6,10-14H,3-5,7-9H2,(H,23,25). The predicted octanol–water partition coefficient (Wildman–Crippen LogP) is 3.27. The molecule has 1 N–H and O–H groups in total. The Morgan fingerprint density at radius 2 is 2.03 bits per heavy atom. The van der Waals surface area contributed by atoms with Crippen molar-refractivity contribution in [2.24, 2.45) is 5.92 Å². The van der Waals surface area contributed by atoms with E-state index in [2.05, 4.69) is 10.3 Å². The van der Waals surface area contributed by atoms with Crippen molar-refractivity contribution in [3.63, 3.8) is 0 Å². The summed E-state index contributed by atoms with van der Waals surface area (Å²) in [6.45, 7) is 1.25. The zero-order valence-corrected chi connectivity index (χ0v) is 17.8. The van der Waals surface area contributed by atoms with Crippen molar-refractivity contribution in [3.05, 3.63) is 47.5 Å². The maximum Gasteiger partial charge on any atom is 0.243 e. The highest BCUT2D eigenvalue weighted by Crippen LogP contribution is 2.31. The lowest BCUT2D eigenvalue weighted by Gasteiger charge is -2.30. The quantitative estimate of drug-likeness (QED) is 0.669. The van der Waals surface area contributed by atoms with E-state index >= 15 is 0 Å². The van der Waals surface area contributed by atoms with Crippen LogP contribution in [0, 0.1) is 5.92 Å². The van der Waals surface area contributed by atoms with E-state index in [0.29, 0.717) is 43.1 Å². The second-order valence-electron chi connectivity index (χ2n) is 7.57. The first-order valence-corrected chi connectivity index (χ1v) is 12.2. The van der Waals surface area contributed by atoms with Crippen LogP contribution in [0.4, 0.5) is 5.69 Å². The van der Waals surface area contributed by atoms with Crippen molar-refractivity contribution >= 4 is 43.2 Å². The molecule has 30 heavy (non-hydrogen) atoms. The number of carbonyl (C=O) groups is 1. The van der Waals surface area contributed by atoms with Crippen LogP contribution < -0.4 is 10.1 Å². The molecule has 5 rings (SSSR count). The van der Waals surface area contributed by atoms with E-state index in [-0.39, 0.29) is 11.8 Å². The minimum atomic E-state index is -3.57. The van der Waals surface area contributed by atoms with Gasteiger partial charge < -0.3 is 10.1 Å². The lowest BCUT2D eigenvalue weighted by Crippen LogP contribution is -2.41. The molecule has 2 aromatic heterocycles. The molecule has 0 saturated carbocycles. The molecule has 7 nitrogen and oxygen atoms in total. The molecule has 1 aromatic carbocycles. The number of pyridine rings is 1. The molecule has 1 amide bonds. The second-order valence-corrected chi connectivity index (χ2v) is 10.4. The summed E-state index contributed by atoms with van der Waals surface area (Å²) in [7, 11) is -3.57. The summed E-state index contributed by atoms with van der Waals surface area (Å²) in [6, 6.07) is 8.93. The Balaban J connectivity index is 1.23. The lowest BCUT2D eigenvalue weighted by atomic mass is 9.97. The Labute approximate surface area is 178 Å². The van der Waals surface area contributed by atoms with Gasteiger partial charge in [0.15, 0.2) is 0 Å². The number of carbonyl (C=O) groups excluding carboxylic acids is 1. The number of rotatable bonds is 4. The van der Waals surface area contributed by atoms with Crippen LogP contribution >= 0.6 is 11.3 Å². The number of hydrogen-bond donors (Lipinski definition) is 1. The van der Waals surface area contributed by atoms with Crippen molar-refractivity contribution in [2.45, 2.75) is 24.2 Å². The number of thiophene rings is 1. The van der Waals surface area contributed by atoms with Gasteiger partial charge in [0.1, 0.15) is 10.6 Å². The number of nitrogens with one attached hydrogen (secondary N) is 1. The predicted molar refractivity (Wildman–Crippen MR) is 115 cm³/mol. The molecule has 2 aliphatic heterocycles. The van der Waals surface area contributed by atoms with E-state index in [1.54, 1.807) is 35.7 Å². The van der Waals surface area contributed by atoms with Gasteiger partial charge in [0.2, 0.25) is 15.9 Å². The van der Waals surface area contributed by atoms with E-state index in [1.165, 1.54) is 4.31 Å². The molecule has 0 aliphatic carbocycles. The molecule has 0 unspecified atom stereocenters. The Hall–Kier alpha value is -2.49. The van der Waals surface area contributed by atoms with Crippen LogP contribution in [0.5, 0.6) is 5.75 Å². The van der Waals surface area contributed by atoms with E-state index in [0.717, 1.165) is 28.0 Å². The number of hydrogen-bond acceptors (Lipinski definition) is 6. The van der Waals surface area contributed by atoms with Gasteiger partial charge in [-0.15, -0.1) is 11.3 Å². The number of anilines is 1. The van der Waals surface area contributed by atoms with Crippen LogP contribution in [0.15, 0.2) is 46.8 Å². The minimum Gasteiger partial charge on any atom is -0.493 e. The van der Waals surface area contributed by atoms with Gasteiger partial charge in [-0.25, -0.2) is 13.4 Å². The van der Waals surface area contributed by atoms with Crippen molar-refractivity contribution in [3.8, 4) is 5.75 Å². The molecule has 0 spiro atoms. The minimum absolute atomic E-state index is 0.0851. The van der Waals surface area contributed by atoms with Gasteiger partial charge in [0, 0.05) is 30.8 Å². The van der Waals surface area contributed by atoms with E-state index in [9.17, 15) is 13.2 Å². The number of piperidine rings is 1. The zero-order chi connectivity index (χ0) is 20.7. The highest BCUT2D eigenvalue weighted by Gasteiger charge is 2.32. The van der Waals surface area contributed by atoms with E-state index in [1.807, 2.05) is 17.5 Å². The molecule has 0 atom stereocenters. The number of fused-ring (bicyclic) bond motifs is 2.